The standard InChI is InChI=1S/C13H25N3O/c1-10(2)14-8-13-9-15-12(5)16(13)6-7-17-11(3)4/h9-11,14H,6-8H2,1-5H3. The van der Waals surface area contributed by atoms with Gasteiger partial charge in [-0.15, -0.1) is 0 Å². The van der Waals surface area contributed by atoms with E-state index in [4.69, 9.17) is 4.74 Å². The van der Waals surface area contributed by atoms with E-state index in [1.807, 2.05) is 13.1 Å². The summed E-state index contributed by atoms with van der Waals surface area (Å²) in [5.74, 6) is 1.05. The molecule has 0 saturated carbocycles. The number of hydrogen-bond donors (Lipinski definition) is 1. The lowest BCUT2D eigenvalue weighted by Gasteiger charge is -2.14. The van der Waals surface area contributed by atoms with Gasteiger partial charge < -0.3 is 14.6 Å². The second-order valence-electron chi connectivity index (χ2n) is 4.90. The molecule has 98 valence electrons. The van der Waals surface area contributed by atoms with Gasteiger partial charge in [-0.2, -0.15) is 0 Å². The zero-order valence-electron chi connectivity index (χ0n) is 11.7. The maximum absolute atomic E-state index is 5.58. The highest BCUT2D eigenvalue weighted by Gasteiger charge is 2.07. The molecule has 0 saturated heterocycles. The molecule has 4 nitrogen and oxygen atoms in total. The lowest BCUT2D eigenvalue weighted by molar-refractivity contribution is 0.0720. The molecular weight excluding hydrogens is 214 g/mol. The minimum Gasteiger partial charge on any atom is -0.377 e. The summed E-state index contributed by atoms with van der Waals surface area (Å²) in [6.07, 6.45) is 2.23. The Hall–Kier alpha value is -0.870. The molecule has 0 amide bonds. The van der Waals surface area contributed by atoms with E-state index < -0.39 is 0 Å². The van der Waals surface area contributed by atoms with Gasteiger partial charge in [0.25, 0.3) is 0 Å². The number of aryl methyl sites for hydroxylation is 1. The Bertz CT molecular complexity index is 331. The molecule has 0 radical (unpaired) electrons. The first-order valence-corrected chi connectivity index (χ1v) is 6.36. The quantitative estimate of drug-likeness (QED) is 0.792. The summed E-state index contributed by atoms with van der Waals surface area (Å²) in [7, 11) is 0. The third kappa shape index (κ3) is 4.88. The second kappa shape index (κ2) is 6.77. The summed E-state index contributed by atoms with van der Waals surface area (Å²) in [5.41, 5.74) is 1.23. The highest BCUT2D eigenvalue weighted by molar-refractivity contribution is 5.04. The van der Waals surface area contributed by atoms with Crippen LogP contribution in [0, 0.1) is 6.92 Å². The van der Waals surface area contributed by atoms with Crippen molar-refractivity contribution in [2.75, 3.05) is 6.61 Å². The van der Waals surface area contributed by atoms with Gasteiger partial charge in [0.1, 0.15) is 5.82 Å². The van der Waals surface area contributed by atoms with Crippen LogP contribution in [0.2, 0.25) is 0 Å². The van der Waals surface area contributed by atoms with Gasteiger partial charge in [-0.25, -0.2) is 4.98 Å². The van der Waals surface area contributed by atoms with Crippen molar-refractivity contribution in [3.8, 4) is 0 Å². The first-order chi connectivity index (χ1) is 8.00. The molecule has 0 bridgehead atoms. The van der Waals surface area contributed by atoms with Crippen molar-refractivity contribution < 1.29 is 4.74 Å². The Morgan fingerprint density at radius 1 is 1.35 bits per heavy atom. The summed E-state index contributed by atoms with van der Waals surface area (Å²) in [6, 6.07) is 0.491. The zero-order valence-corrected chi connectivity index (χ0v) is 11.7. The fourth-order valence-corrected chi connectivity index (χ4v) is 1.65. The predicted molar refractivity (Wildman–Crippen MR) is 70.0 cm³/mol. The molecule has 0 aromatic carbocycles. The lowest BCUT2D eigenvalue weighted by atomic mass is 10.3. The van der Waals surface area contributed by atoms with Crippen LogP contribution in [0.5, 0.6) is 0 Å². The Balaban J connectivity index is 2.53. The van der Waals surface area contributed by atoms with E-state index in [-0.39, 0.29) is 6.10 Å². The van der Waals surface area contributed by atoms with Crippen molar-refractivity contribution in [2.24, 2.45) is 0 Å². The van der Waals surface area contributed by atoms with Crippen molar-refractivity contribution in [2.45, 2.75) is 59.9 Å². The molecule has 1 N–H and O–H groups in total. The summed E-state index contributed by atoms with van der Waals surface area (Å²) in [6.45, 7) is 12.9. The molecule has 0 fully saturated rings. The highest BCUT2D eigenvalue weighted by Crippen LogP contribution is 2.05. The smallest absolute Gasteiger partial charge is 0.105 e. The second-order valence-corrected chi connectivity index (χ2v) is 4.90. The van der Waals surface area contributed by atoms with Crippen molar-refractivity contribution in [3.63, 3.8) is 0 Å². The van der Waals surface area contributed by atoms with Gasteiger partial charge in [0.2, 0.25) is 0 Å². The highest BCUT2D eigenvalue weighted by atomic mass is 16.5. The van der Waals surface area contributed by atoms with E-state index >= 15 is 0 Å². The van der Waals surface area contributed by atoms with E-state index in [9.17, 15) is 0 Å². The fraction of sp³-hybridized carbons (Fsp3) is 0.769. The third-order valence-corrected chi connectivity index (χ3v) is 2.60. The maximum atomic E-state index is 5.58. The Morgan fingerprint density at radius 3 is 2.65 bits per heavy atom. The third-order valence-electron chi connectivity index (χ3n) is 2.60. The number of rotatable bonds is 7. The number of hydrogen-bond acceptors (Lipinski definition) is 3. The molecule has 0 unspecified atom stereocenters. The Morgan fingerprint density at radius 2 is 2.06 bits per heavy atom. The molecule has 1 heterocycles. The maximum Gasteiger partial charge on any atom is 0.105 e. The molecule has 1 aromatic rings. The van der Waals surface area contributed by atoms with Gasteiger partial charge in [-0.1, -0.05) is 13.8 Å². The van der Waals surface area contributed by atoms with Crippen molar-refractivity contribution in [1.82, 2.24) is 14.9 Å². The van der Waals surface area contributed by atoms with Crippen LogP contribution in [0.15, 0.2) is 6.20 Å². The van der Waals surface area contributed by atoms with E-state index in [1.54, 1.807) is 0 Å². The van der Waals surface area contributed by atoms with Crippen molar-refractivity contribution >= 4 is 0 Å². The largest absolute Gasteiger partial charge is 0.377 e. The van der Waals surface area contributed by atoms with Gasteiger partial charge >= 0.3 is 0 Å². The first-order valence-electron chi connectivity index (χ1n) is 6.36. The predicted octanol–water partition coefficient (Wildman–Crippen LogP) is 2.11. The van der Waals surface area contributed by atoms with E-state index in [1.165, 1.54) is 5.69 Å². The van der Waals surface area contributed by atoms with Crippen LogP contribution in [0.1, 0.15) is 39.2 Å². The minimum atomic E-state index is 0.288. The number of nitrogens with zero attached hydrogens (tertiary/aromatic N) is 2. The van der Waals surface area contributed by atoms with Crippen LogP contribution in [0.3, 0.4) is 0 Å². The van der Waals surface area contributed by atoms with E-state index in [2.05, 4.69) is 42.6 Å². The normalized spacial score (nSPS) is 11.7. The summed E-state index contributed by atoms with van der Waals surface area (Å²) < 4.78 is 7.80. The summed E-state index contributed by atoms with van der Waals surface area (Å²) >= 11 is 0. The summed E-state index contributed by atoms with van der Waals surface area (Å²) in [4.78, 5) is 4.36. The van der Waals surface area contributed by atoms with Gasteiger partial charge in [-0.3, -0.25) is 0 Å². The van der Waals surface area contributed by atoms with Crippen LogP contribution in [-0.4, -0.2) is 28.3 Å². The van der Waals surface area contributed by atoms with Gasteiger partial charge in [-0.05, 0) is 20.8 Å². The fourth-order valence-electron chi connectivity index (χ4n) is 1.65. The minimum absolute atomic E-state index is 0.288. The first kappa shape index (κ1) is 14.2. The van der Waals surface area contributed by atoms with Crippen LogP contribution in [-0.2, 0) is 17.8 Å². The summed E-state index contributed by atoms with van der Waals surface area (Å²) in [5, 5.41) is 3.41. The van der Waals surface area contributed by atoms with Crippen molar-refractivity contribution in [1.29, 1.82) is 0 Å². The molecule has 17 heavy (non-hydrogen) atoms. The van der Waals surface area contributed by atoms with E-state index in [0.29, 0.717) is 6.04 Å². The number of imidazole rings is 1. The average Bonchev–Trinajstić information content (AvgIpc) is 2.57. The number of aromatic nitrogens is 2. The monoisotopic (exact) mass is 239 g/mol. The molecule has 4 heteroatoms. The molecule has 0 aliphatic rings. The molecule has 0 atom stereocenters. The number of nitrogens with one attached hydrogen (secondary N) is 1. The molecule has 0 aliphatic carbocycles. The molecule has 0 aliphatic heterocycles. The van der Waals surface area contributed by atoms with Crippen molar-refractivity contribution in [3.05, 3.63) is 17.7 Å². The molecule has 1 aromatic heterocycles. The average molecular weight is 239 g/mol. The van der Waals surface area contributed by atoms with Crippen LogP contribution in [0.25, 0.3) is 0 Å². The SMILES string of the molecule is Cc1ncc(CNC(C)C)n1CCOC(C)C. The molecule has 0 spiro atoms. The molecule has 1 rings (SSSR count). The lowest BCUT2D eigenvalue weighted by Crippen LogP contribution is -2.24. The van der Waals surface area contributed by atoms with Gasteiger partial charge in [0.05, 0.1) is 18.4 Å². The van der Waals surface area contributed by atoms with Gasteiger partial charge in [0.15, 0.2) is 0 Å². The topological polar surface area (TPSA) is 39.1 Å². The van der Waals surface area contributed by atoms with Crippen LogP contribution >= 0.6 is 0 Å². The van der Waals surface area contributed by atoms with Crippen LogP contribution in [0.4, 0.5) is 0 Å². The number of ether oxygens (including phenoxy) is 1. The van der Waals surface area contributed by atoms with Gasteiger partial charge in [0, 0.05) is 25.3 Å². The molecular formula is C13H25N3O. The zero-order chi connectivity index (χ0) is 12.8. The Labute approximate surface area is 104 Å². The van der Waals surface area contributed by atoms with E-state index in [0.717, 1.165) is 25.5 Å². The Kier molecular flexibility index (Phi) is 5.65. The van der Waals surface area contributed by atoms with Crippen LogP contribution < -0.4 is 5.32 Å².